The van der Waals surface area contributed by atoms with Gasteiger partial charge in [-0.2, -0.15) is 0 Å². The smallest absolute Gasteiger partial charge is 0.338 e. The first-order valence-corrected chi connectivity index (χ1v) is 6.06. The maximum atomic E-state index is 12.0. The van der Waals surface area contributed by atoms with E-state index in [0.29, 0.717) is 5.56 Å². The molecule has 0 aliphatic heterocycles. The van der Waals surface area contributed by atoms with Gasteiger partial charge in [0.1, 0.15) is 5.65 Å². The van der Waals surface area contributed by atoms with Crippen molar-refractivity contribution in [1.29, 1.82) is 0 Å². The summed E-state index contributed by atoms with van der Waals surface area (Å²) >= 11 is 0. The minimum Gasteiger partial charge on any atom is -0.465 e. The lowest BCUT2D eigenvalue weighted by atomic mass is 10.1. The van der Waals surface area contributed by atoms with Gasteiger partial charge in [0.2, 0.25) is 0 Å². The topological polar surface area (TPSA) is 44.1 Å². The Morgan fingerprint density at radius 1 is 1.32 bits per heavy atom. The number of ether oxygens (including phenoxy) is 1. The Bertz CT molecular complexity index is 803. The zero-order valence-electron chi connectivity index (χ0n) is 11.1. The molecule has 0 radical (unpaired) electrons. The molecule has 4 nitrogen and oxygen atoms in total. The van der Waals surface area contributed by atoms with Crippen LogP contribution >= 0.6 is 0 Å². The van der Waals surface area contributed by atoms with Gasteiger partial charge in [-0.05, 0) is 19.1 Å². The number of hydrogen-bond acceptors (Lipinski definition) is 3. The molecule has 0 bridgehead atoms. The summed E-state index contributed by atoms with van der Waals surface area (Å²) in [6.07, 6.45) is 0. The first-order valence-electron chi connectivity index (χ1n) is 6.06. The monoisotopic (exact) mass is 254 g/mol. The number of carbonyl (C=O) groups is 1. The zero-order valence-corrected chi connectivity index (χ0v) is 11.1. The SMILES string of the molecule is COC(=O)c1cc(C)nc2c1c1ccccc1n2C. The summed E-state index contributed by atoms with van der Waals surface area (Å²) in [5, 5.41) is 1.88. The van der Waals surface area contributed by atoms with Crippen LogP contribution in [0.25, 0.3) is 21.9 Å². The first kappa shape index (κ1) is 11.7. The minimum absolute atomic E-state index is 0.327. The highest BCUT2D eigenvalue weighted by atomic mass is 16.5. The van der Waals surface area contributed by atoms with Crippen molar-refractivity contribution in [2.45, 2.75) is 6.92 Å². The predicted octanol–water partition coefficient (Wildman–Crippen LogP) is 2.82. The fraction of sp³-hybridized carbons (Fsp3) is 0.200. The molecule has 19 heavy (non-hydrogen) atoms. The van der Waals surface area contributed by atoms with Gasteiger partial charge in [-0.15, -0.1) is 0 Å². The van der Waals surface area contributed by atoms with Gasteiger partial charge in [0.05, 0.1) is 18.2 Å². The number of pyridine rings is 1. The Morgan fingerprint density at radius 2 is 2.05 bits per heavy atom. The fourth-order valence-corrected chi connectivity index (χ4v) is 2.53. The van der Waals surface area contributed by atoms with Crippen LogP contribution in [-0.4, -0.2) is 22.6 Å². The molecule has 1 aromatic carbocycles. The van der Waals surface area contributed by atoms with Crippen LogP contribution in [0.4, 0.5) is 0 Å². The molecule has 0 unspecified atom stereocenters. The average molecular weight is 254 g/mol. The van der Waals surface area contributed by atoms with Crippen molar-refractivity contribution in [2.24, 2.45) is 7.05 Å². The van der Waals surface area contributed by atoms with E-state index < -0.39 is 0 Å². The second kappa shape index (κ2) is 4.09. The van der Waals surface area contributed by atoms with Crippen molar-refractivity contribution < 1.29 is 9.53 Å². The molecule has 0 aliphatic carbocycles. The lowest BCUT2D eigenvalue weighted by Gasteiger charge is -2.04. The number of hydrogen-bond donors (Lipinski definition) is 0. The first-order chi connectivity index (χ1) is 9.13. The van der Waals surface area contributed by atoms with E-state index in [4.69, 9.17) is 4.74 Å². The van der Waals surface area contributed by atoms with Gasteiger partial charge in [-0.25, -0.2) is 9.78 Å². The number of aryl methyl sites for hydroxylation is 2. The molecule has 96 valence electrons. The number of nitrogens with zero attached hydrogens (tertiary/aromatic N) is 2. The van der Waals surface area contributed by atoms with Gasteiger partial charge in [-0.3, -0.25) is 0 Å². The van der Waals surface area contributed by atoms with Crippen LogP contribution in [0.5, 0.6) is 0 Å². The number of methoxy groups -OCH3 is 1. The largest absolute Gasteiger partial charge is 0.465 e. The highest BCUT2D eigenvalue weighted by molar-refractivity contribution is 6.16. The van der Waals surface area contributed by atoms with Crippen molar-refractivity contribution >= 4 is 27.9 Å². The van der Waals surface area contributed by atoms with Crippen LogP contribution in [-0.2, 0) is 11.8 Å². The molecule has 0 atom stereocenters. The maximum Gasteiger partial charge on any atom is 0.338 e. The van der Waals surface area contributed by atoms with Gasteiger partial charge in [0.25, 0.3) is 0 Å². The molecule has 0 aliphatic rings. The maximum absolute atomic E-state index is 12.0. The van der Waals surface area contributed by atoms with Gasteiger partial charge in [0.15, 0.2) is 0 Å². The summed E-state index contributed by atoms with van der Waals surface area (Å²) in [5.74, 6) is -0.327. The van der Waals surface area contributed by atoms with Gasteiger partial charge in [-0.1, -0.05) is 18.2 Å². The fourth-order valence-electron chi connectivity index (χ4n) is 2.53. The highest BCUT2D eigenvalue weighted by Gasteiger charge is 2.18. The minimum atomic E-state index is -0.327. The number of benzene rings is 1. The Labute approximate surface area is 110 Å². The number of esters is 1. The number of para-hydroxylation sites is 1. The third kappa shape index (κ3) is 1.60. The summed E-state index contributed by atoms with van der Waals surface area (Å²) in [6.45, 7) is 1.88. The molecule has 2 aromatic heterocycles. The molecular weight excluding hydrogens is 240 g/mol. The Balaban J connectivity index is 2.56. The normalized spacial score (nSPS) is 11.1. The van der Waals surface area contributed by atoms with Gasteiger partial charge < -0.3 is 9.30 Å². The number of aromatic nitrogens is 2. The molecule has 3 rings (SSSR count). The van der Waals surface area contributed by atoms with Gasteiger partial charge in [0, 0.05) is 23.5 Å². The zero-order chi connectivity index (χ0) is 13.6. The third-order valence-electron chi connectivity index (χ3n) is 3.39. The Kier molecular flexibility index (Phi) is 2.52. The number of carbonyl (C=O) groups excluding carboxylic acids is 1. The van der Waals surface area contributed by atoms with Crippen molar-refractivity contribution in [1.82, 2.24) is 9.55 Å². The van der Waals surface area contributed by atoms with Crippen LogP contribution < -0.4 is 0 Å². The lowest BCUT2D eigenvalue weighted by Crippen LogP contribution is -2.04. The van der Waals surface area contributed by atoms with Crippen LogP contribution in [0, 0.1) is 6.92 Å². The highest BCUT2D eigenvalue weighted by Crippen LogP contribution is 2.30. The molecule has 2 heterocycles. The van der Waals surface area contributed by atoms with E-state index in [2.05, 4.69) is 4.98 Å². The molecule has 0 amide bonds. The second-order valence-corrected chi connectivity index (χ2v) is 4.58. The molecule has 0 spiro atoms. The van der Waals surface area contributed by atoms with Crippen molar-refractivity contribution in [3.63, 3.8) is 0 Å². The van der Waals surface area contributed by atoms with Crippen molar-refractivity contribution in [2.75, 3.05) is 7.11 Å². The summed E-state index contributed by atoms with van der Waals surface area (Å²) in [6, 6.07) is 9.74. The van der Waals surface area contributed by atoms with E-state index in [9.17, 15) is 4.79 Å². The van der Waals surface area contributed by atoms with Crippen LogP contribution in [0.3, 0.4) is 0 Å². The Morgan fingerprint density at radius 3 is 2.79 bits per heavy atom. The summed E-state index contributed by atoms with van der Waals surface area (Å²) < 4.78 is 6.89. The molecule has 4 heteroatoms. The molecule has 0 N–H and O–H groups in total. The number of fused-ring (bicyclic) bond motifs is 3. The molecule has 0 fully saturated rings. The van der Waals surface area contributed by atoms with Crippen LogP contribution in [0.15, 0.2) is 30.3 Å². The molecular formula is C15H14N2O2. The second-order valence-electron chi connectivity index (χ2n) is 4.58. The molecule has 3 aromatic rings. The van der Waals surface area contributed by atoms with E-state index in [0.717, 1.165) is 27.6 Å². The summed E-state index contributed by atoms with van der Waals surface area (Å²) in [5.41, 5.74) is 3.24. The van der Waals surface area contributed by atoms with Crippen molar-refractivity contribution in [3.8, 4) is 0 Å². The van der Waals surface area contributed by atoms with Crippen LogP contribution in [0.2, 0.25) is 0 Å². The molecule has 0 saturated heterocycles. The number of rotatable bonds is 1. The quantitative estimate of drug-likeness (QED) is 0.627. The summed E-state index contributed by atoms with van der Waals surface area (Å²) in [7, 11) is 3.35. The van der Waals surface area contributed by atoms with Gasteiger partial charge >= 0.3 is 5.97 Å². The third-order valence-corrected chi connectivity index (χ3v) is 3.39. The van der Waals surface area contributed by atoms with E-state index >= 15 is 0 Å². The van der Waals surface area contributed by atoms with E-state index in [1.807, 2.05) is 42.8 Å². The summed E-state index contributed by atoms with van der Waals surface area (Å²) in [4.78, 5) is 16.5. The van der Waals surface area contributed by atoms with Crippen LogP contribution in [0.1, 0.15) is 16.1 Å². The standard InChI is InChI=1S/C15H14N2O2/c1-9-8-11(15(18)19-3)13-10-6-4-5-7-12(10)17(2)14(13)16-9/h4-8H,1-3H3. The predicted molar refractivity (Wildman–Crippen MR) is 74.3 cm³/mol. The average Bonchev–Trinajstić information content (AvgIpc) is 2.71. The van der Waals surface area contributed by atoms with E-state index in [1.165, 1.54) is 7.11 Å². The Hall–Kier alpha value is -2.36. The van der Waals surface area contributed by atoms with E-state index in [-0.39, 0.29) is 5.97 Å². The molecule has 0 saturated carbocycles. The van der Waals surface area contributed by atoms with E-state index in [1.54, 1.807) is 6.07 Å². The van der Waals surface area contributed by atoms with Crippen molar-refractivity contribution in [3.05, 3.63) is 41.6 Å². The lowest BCUT2D eigenvalue weighted by molar-refractivity contribution is 0.0603.